The average Bonchev–Trinajstić information content (AvgIpc) is 2.36. The van der Waals surface area contributed by atoms with E-state index >= 15 is 0 Å². The van der Waals surface area contributed by atoms with Crippen molar-refractivity contribution in [1.29, 1.82) is 0 Å². The van der Waals surface area contributed by atoms with Crippen LogP contribution < -0.4 is 5.32 Å². The molecule has 0 spiro atoms. The van der Waals surface area contributed by atoms with Crippen LogP contribution in [-0.4, -0.2) is 45.9 Å². The maximum absolute atomic E-state index is 11.4. The van der Waals surface area contributed by atoms with E-state index in [0.717, 1.165) is 57.7 Å². The Balaban J connectivity index is 3.27. The van der Waals surface area contributed by atoms with Crippen molar-refractivity contribution in [3.05, 3.63) is 0 Å². The molecule has 23 heavy (non-hydrogen) atoms. The van der Waals surface area contributed by atoms with Gasteiger partial charge in [0.25, 0.3) is 10.1 Å². The van der Waals surface area contributed by atoms with Crippen LogP contribution >= 0.6 is 0 Å². The predicted molar refractivity (Wildman–Crippen MR) is 91.8 cm³/mol. The molecule has 0 aliphatic heterocycles. The molecule has 0 aliphatic rings. The van der Waals surface area contributed by atoms with Gasteiger partial charge in [0.05, 0.1) is 19.4 Å². The highest BCUT2D eigenvalue weighted by Gasteiger charge is 2.15. The topological polar surface area (TPSA) is 81.7 Å². The molecule has 0 aromatic heterocycles. The smallest absolute Gasteiger partial charge is 0.320 e. The Morgan fingerprint density at radius 2 is 1.48 bits per heavy atom. The highest BCUT2D eigenvalue weighted by Crippen LogP contribution is 2.08. The molecule has 0 aromatic carbocycles. The summed E-state index contributed by atoms with van der Waals surface area (Å²) in [5.41, 5.74) is -0.425. The number of unbranched alkanes of at least 4 members (excludes halogenated alkanes) is 6. The van der Waals surface area contributed by atoms with Crippen LogP contribution in [0.25, 0.3) is 0 Å². The summed E-state index contributed by atoms with van der Waals surface area (Å²) in [7, 11) is -3.29. The van der Waals surface area contributed by atoms with Crippen LogP contribution in [0.1, 0.15) is 65.7 Å². The molecular formula is C16H33NO5S. The summed E-state index contributed by atoms with van der Waals surface area (Å²) in [5, 5.41) is 3.09. The molecule has 0 amide bonds. The predicted octanol–water partition coefficient (Wildman–Crippen LogP) is 2.62. The van der Waals surface area contributed by atoms with Gasteiger partial charge >= 0.3 is 5.97 Å². The van der Waals surface area contributed by atoms with E-state index in [-0.39, 0.29) is 19.1 Å². The first-order chi connectivity index (χ1) is 10.6. The normalized spacial score (nSPS) is 12.3. The maximum Gasteiger partial charge on any atom is 0.320 e. The number of hydrogen-bond donors (Lipinski definition) is 1. The van der Waals surface area contributed by atoms with Crippen LogP contribution in [0.5, 0.6) is 0 Å². The molecule has 0 saturated heterocycles. The number of rotatable bonds is 13. The summed E-state index contributed by atoms with van der Waals surface area (Å²) in [6.07, 6.45) is 8.41. The quantitative estimate of drug-likeness (QED) is 0.312. The molecule has 0 atom stereocenters. The van der Waals surface area contributed by atoms with Gasteiger partial charge in [0, 0.05) is 0 Å². The monoisotopic (exact) mass is 351 g/mol. The van der Waals surface area contributed by atoms with Crippen molar-refractivity contribution in [2.24, 2.45) is 0 Å². The molecule has 0 aliphatic carbocycles. The minimum Gasteiger partial charge on any atom is -0.459 e. The van der Waals surface area contributed by atoms with Crippen LogP contribution in [0, 0.1) is 0 Å². The van der Waals surface area contributed by atoms with Gasteiger partial charge in [-0.25, -0.2) is 0 Å². The summed E-state index contributed by atoms with van der Waals surface area (Å²) < 4.78 is 31.4. The molecule has 0 heterocycles. The Morgan fingerprint density at radius 3 is 2.00 bits per heavy atom. The zero-order chi connectivity index (χ0) is 17.8. The average molecular weight is 352 g/mol. The van der Waals surface area contributed by atoms with Crippen molar-refractivity contribution < 1.29 is 22.1 Å². The van der Waals surface area contributed by atoms with Crippen LogP contribution in [0.3, 0.4) is 0 Å². The van der Waals surface area contributed by atoms with Crippen molar-refractivity contribution in [1.82, 2.24) is 5.32 Å². The Bertz CT molecular complexity index is 415. The zero-order valence-corrected chi connectivity index (χ0v) is 15.8. The van der Waals surface area contributed by atoms with Crippen molar-refractivity contribution in [2.75, 3.05) is 26.0 Å². The highest BCUT2D eigenvalue weighted by molar-refractivity contribution is 7.85. The van der Waals surface area contributed by atoms with Crippen molar-refractivity contribution >= 4 is 16.1 Å². The number of hydrogen-bond acceptors (Lipinski definition) is 6. The minimum atomic E-state index is -3.29. The maximum atomic E-state index is 11.4. The van der Waals surface area contributed by atoms with Gasteiger partial charge in [0.2, 0.25) is 0 Å². The van der Waals surface area contributed by atoms with E-state index in [4.69, 9.17) is 4.74 Å². The molecule has 138 valence electrons. The van der Waals surface area contributed by atoms with Gasteiger partial charge < -0.3 is 10.1 Å². The number of carbonyl (C=O) groups excluding carboxylic acids is 1. The number of ether oxygens (including phenoxy) is 1. The van der Waals surface area contributed by atoms with E-state index in [1.165, 1.54) is 0 Å². The van der Waals surface area contributed by atoms with E-state index in [0.29, 0.717) is 0 Å². The summed E-state index contributed by atoms with van der Waals surface area (Å²) in [6.45, 7) is 6.95. The van der Waals surface area contributed by atoms with E-state index in [9.17, 15) is 13.2 Å². The molecular weight excluding hydrogens is 318 g/mol. The minimum absolute atomic E-state index is 0.214. The third-order valence-electron chi connectivity index (χ3n) is 2.98. The molecule has 0 rings (SSSR count). The fourth-order valence-corrected chi connectivity index (χ4v) is 2.43. The SMILES string of the molecule is CC(C)(C)OC(=O)CNCCCCCCCCCOS(C)(=O)=O. The van der Waals surface area contributed by atoms with Gasteiger partial charge in [0.15, 0.2) is 0 Å². The second-order valence-corrected chi connectivity index (χ2v) is 8.41. The molecule has 0 saturated carbocycles. The Kier molecular flexibility index (Phi) is 11.5. The Labute approximate surface area is 141 Å². The lowest BCUT2D eigenvalue weighted by Gasteiger charge is -2.19. The Hall–Kier alpha value is -0.660. The number of esters is 1. The molecule has 0 bridgehead atoms. The van der Waals surface area contributed by atoms with E-state index in [2.05, 4.69) is 9.50 Å². The van der Waals surface area contributed by atoms with Crippen LogP contribution in [0.15, 0.2) is 0 Å². The van der Waals surface area contributed by atoms with Gasteiger partial charge in [-0.1, -0.05) is 32.1 Å². The van der Waals surface area contributed by atoms with Crippen molar-refractivity contribution in [3.63, 3.8) is 0 Å². The van der Waals surface area contributed by atoms with E-state index in [1.807, 2.05) is 20.8 Å². The van der Waals surface area contributed by atoms with Crippen LogP contribution in [0.4, 0.5) is 0 Å². The number of nitrogens with one attached hydrogen (secondary N) is 1. The lowest BCUT2D eigenvalue weighted by atomic mass is 10.1. The van der Waals surface area contributed by atoms with E-state index < -0.39 is 15.7 Å². The van der Waals surface area contributed by atoms with Crippen molar-refractivity contribution in [3.8, 4) is 0 Å². The fraction of sp³-hybridized carbons (Fsp3) is 0.938. The molecule has 7 heteroatoms. The van der Waals surface area contributed by atoms with Gasteiger partial charge in [0.1, 0.15) is 5.60 Å². The highest BCUT2D eigenvalue weighted by atomic mass is 32.2. The van der Waals surface area contributed by atoms with Gasteiger partial charge in [-0.05, 0) is 40.2 Å². The molecule has 0 fully saturated rings. The summed E-state index contributed by atoms with van der Waals surface area (Å²) in [6, 6.07) is 0. The van der Waals surface area contributed by atoms with Crippen LogP contribution in [-0.2, 0) is 23.8 Å². The third-order valence-corrected chi connectivity index (χ3v) is 3.58. The van der Waals surface area contributed by atoms with E-state index in [1.54, 1.807) is 0 Å². The first-order valence-corrected chi connectivity index (χ1v) is 10.2. The largest absolute Gasteiger partial charge is 0.459 e. The molecule has 6 nitrogen and oxygen atoms in total. The molecule has 0 radical (unpaired) electrons. The first kappa shape index (κ1) is 22.3. The van der Waals surface area contributed by atoms with Gasteiger partial charge in [-0.2, -0.15) is 8.42 Å². The third kappa shape index (κ3) is 19.3. The van der Waals surface area contributed by atoms with Gasteiger partial charge in [-0.3, -0.25) is 8.98 Å². The number of carbonyl (C=O) groups is 1. The van der Waals surface area contributed by atoms with Gasteiger partial charge in [-0.15, -0.1) is 0 Å². The summed E-state index contributed by atoms with van der Waals surface area (Å²) in [4.78, 5) is 11.4. The second-order valence-electron chi connectivity index (χ2n) is 6.76. The molecule has 1 N–H and O–H groups in total. The Morgan fingerprint density at radius 1 is 0.957 bits per heavy atom. The fourth-order valence-electron chi connectivity index (χ4n) is 2.01. The zero-order valence-electron chi connectivity index (χ0n) is 15.0. The standard InChI is InChI=1S/C16H33NO5S/c1-16(2,3)22-15(18)14-17-12-10-8-6-5-7-9-11-13-21-23(4,19)20/h17H,5-14H2,1-4H3. The lowest BCUT2D eigenvalue weighted by molar-refractivity contribution is -0.153. The van der Waals surface area contributed by atoms with Crippen molar-refractivity contribution in [2.45, 2.75) is 71.3 Å². The molecule has 0 aromatic rings. The second kappa shape index (κ2) is 11.8. The summed E-state index contributed by atoms with van der Waals surface area (Å²) in [5.74, 6) is -0.214. The summed E-state index contributed by atoms with van der Waals surface area (Å²) >= 11 is 0. The first-order valence-electron chi connectivity index (χ1n) is 8.37. The molecule has 0 unspecified atom stereocenters. The van der Waals surface area contributed by atoms with Crippen LogP contribution in [0.2, 0.25) is 0 Å². The lowest BCUT2D eigenvalue weighted by Crippen LogP contribution is -2.31.